The quantitative estimate of drug-likeness (QED) is 0.828. The van der Waals surface area contributed by atoms with Crippen LogP contribution in [0.2, 0.25) is 0 Å². The van der Waals surface area contributed by atoms with Crippen LogP contribution < -0.4 is 10.2 Å². The summed E-state index contributed by atoms with van der Waals surface area (Å²) in [7, 11) is 0. The minimum absolute atomic E-state index is 0.0267. The van der Waals surface area contributed by atoms with Crippen LogP contribution in [-0.4, -0.2) is 35.0 Å². The molecule has 1 amide bonds. The van der Waals surface area contributed by atoms with Gasteiger partial charge < -0.3 is 10.2 Å². The summed E-state index contributed by atoms with van der Waals surface area (Å²) in [4.78, 5) is 21.4. The summed E-state index contributed by atoms with van der Waals surface area (Å²) in [5.74, 6) is -0.823. The first-order valence-corrected chi connectivity index (χ1v) is 8.47. The Labute approximate surface area is 153 Å². The smallest absolute Gasteiger partial charge is 0.356 e. The van der Waals surface area contributed by atoms with E-state index in [-0.39, 0.29) is 23.2 Å². The van der Waals surface area contributed by atoms with E-state index in [0.29, 0.717) is 25.9 Å². The van der Waals surface area contributed by atoms with Gasteiger partial charge in [0.15, 0.2) is 0 Å². The van der Waals surface area contributed by atoms with Crippen molar-refractivity contribution < 1.29 is 22.4 Å². The van der Waals surface area contributed by atoms with E-state index >= 15 is 0 Å². The van der Waals surface area contributed by atoms with Gasteiger partial charge in [-0.15, -0.1) is 0 Å². The number of nitrogens with one attached hydrogen (secondary N) is 1. The summed E-state index contributed by atoms with van der Waals surface area (Å²) in [5.41, 5.74) is -0.999. The number of amides is 1. The Morgan fingerprint density at radius 1 is 1.19 bits per heavy atom. The fraction of sp³-hybridized carbons (Fsp3) is 0.389. The molecule has 0 atom stereocenters. The van der Waals surface area contributed by atoms with Crippen LogP contribution in [0.3, 0.4) is 0 Å². The minimum Gasteiger partial charge on any atom is -0.356 e. The van der Waals surface area contributed by atoms with Crippen molar-refractivity contribution >= 4 is 11.7 Å². The van der Waals surface area contributed by atoms with Gasteiger partial charge in [-0.1, -0.05) is 12.1 Å². The van der Waals surface area contributed by atoms with E-state index in [1.54, 1.807) is 11.0 Å². The highest BCUT2D eigenvalue weighted by Gasteiger charge is 2.34. The number of carbonyl (C=O) groups is 1. The SMILES string of the molecule is Cc1nc(N2CCC(NC(=O)c3ccccc3F)CC2)cc(C(F)(F)F)n1. The van der Waals surface area contributed by atoms with Crippen LogP contribution >= 0.6 is 0 Å². The predicted molar refractivity (Wildman–Crippen MR) is 90.9 cm³/mol. The molecule has 9 heteroatoms. The van der Waals surface area contributed by atoms with E-state index < -0.39 is 23.6 Å². The maximum Gasteiger partial charge on any atom is 0.433 e. The summed E-state index contributed by atoms with van der Waals surface area (Å²) in [5, 5.41) is 2.78. The molecule has 1 aromatic carbocycles. The van der Waals surface area contributed by atoms with Crippen LogP contribution in [0, 0.1) is 12.7 Å². The molecule has 5 nitrogen and oxygen atoms in total. The van der Waals surface area contributed by atoms with Gasteiger partial charge in [0.05, 0.1) is 5.56 Å². The molecule has 3 rings (SSSR count). The van der Waals surface area contributed by atoms with Crippen LogP contribution in [0.1, 0.15) is 34.7 Å². The summed E-state index contributed by atoms with van der Waals surface area (Å²) in [6.07, 6.45) is -3.50. The average molecular weight is 382 g/mol. The molecule has 1 aromatic heterocycles. The van der Waals surface area contributed by atoms with Gasteiger partial charge >= 0.3 is 6.18 Å². The summed E-state index contributed by atoms with van der Waals surface area (Å²) < 4.78 is 52.5. The number of halogens is 4. The van der Waals surface area contributed by atoms with E-state index in [1.807, 2.05) is 0 Å². The molecule has 1 aliphatic heterocycles. The second-order valence-corrected chi connectivity index (χ2v) is 6.37. The lowest BCUT2D eigenvalue weighted by molar-refractivity contribution is -0.141. The number of nitrogens with zero attached hydrogens (tertiary/aromatic N) is 3. The summed E-state index contributed by atoms with van der Waals surface area (Å²) >= 11 is 0. The number of piperidine rings is 1. The van der Waals surface area contributed by atoms with Gasteiger partial charge in [0.25, 0.3) is 5.91 Å². The Hall–Kier alpha value is -2.71. The normalized spacial score (nSPS) is 15.7. The van der Waals surface area contributed by atoms with Crippen molar-refractivity contribution in [3.05, 3.63) is 53.2 Å². The molecule has 0 spiro atoms. The van der Waals surface area contributed by atoms with E-state index in [0.717, 1.165) is 6.07 Å². The van der Waals surface area contributed by atoms with Crippen molar-refractivity contribution in [3.63, 3.8) is 0 Å². The first-order chi connectivity index (χ1) is 12.7. The molecule has 1 saturated heterocycles. The molecule has 0 radical (unpaired) electrons. The van der Waals surface area contributed by atoms with Crippen LogP contribution in [0.4, 0.5) is 23.4 Å². The van der Waals surface area contributed by atoms with Gasteiger partial charge in [0.2, 0.25) is 0 Å². The molecule has 0 saturated carbocycles. The Balaban J connectivity index is 1.63. The van der Waals surface area contributed by atoms with E-state index in [4.69, 9.17) is 0 Å². The highest BCUT2D eigenvalue weighted by atomic mass is 19.4. The van der Waals surface area contributed by atoms with Gasteiger partial charge in [-0.3, -0.25) is 4.79 Å². The molecular weight excluding hydrogens is 364 g/mol. The maximum atomic E-state index is 13.7. The van der Waals surface area contributed by atoms with Crippen molar-refractivity contribution in [2.24, 2.45) is 0 Å². The third-order valence-electron chi connectivity index (χ3n) is 4.39. The second-order valence-electron chi connectivity index (χ2n) is 6.37. The molecular formula is C18H18F4N4O. The highest BCUT2D eigenvalue weighted by Crippen LogP contribution is 2.30. The molecule has 2 heterocycles. The van der Waals surface area contributed by atoms with Gasteiger partial charge in [-0.05, 0) is 31.9 Å². The van der Waals surface area contributed by atoms with Crippen LogP contribution in [0.5, 0.6) is 0 Å². The Bertz CT molecular complexity index is 832. The first-order valence-electron chi connectivity index (χ1n) is 8.47. The monoisotopic (exact) mass is 382 g/mol. The van der Waals surface area contributed by atoms with E-state index in [1.165, 1.54) is 25.1 Å². The Morgan fingerprint density at radius 2 is 1.85 bits per heavy atom. The number of rotatable bonds is 3. The fourth-order valence-electron chi connectivity index (χ4n) is 3.02. The maximum absolute atomic E-state index is 13.7. The number of anilines is 1. The number of carbonyl (C=O) groups excluding carboxylic acids is 1. The molecule has 0 bridgehead atoms. The van der Waals surface area contributed by atoms with Crippen molar-refractivity contribution in [3.8, 4) is 0 Å². The van der Waals surface area contributed by atoms with Crippen molar-refractivity contribution in [1.29, 1.82) is 0 Å². The third kappa shape index (κ3) is 4.53. The van der Waals surface area contributed by atoms with Crippen molar-refractivity contribution in [2.45, 2.75) is 32.0 Å². The molecule has 0 unspecified atom stereocenters. The molecule has 1 N–H and O–H groups in total. The topological polar surface area (TPSA) is 58.1 Å². The van der Waals surface area contributed by atoms with Gasteiger partial charge in [-0.2, -0.15) is 13.2 Å². The first kappa shape index (κ1) is 19.1. The standard InChI is InChI=1S/C18H18F4N4O/c1-11-23-15(18(20,21)22)10-16(24-11)26-8-6-12(7-9-26)25-17(27)13-4-2-3-5-14(13)19/h2-5,10,12H,6-9H2,1H3,(H,25,27). The molecule has 1 fully saturated rings. The summed E-state index contributed by atoms with van der Waals surface area (Å²) in [6, 6.07) is 6.46. The fourth-order valence-corrected chi connectivity index (χ4v) is 3.02. The predicted octanol–water partition coefficient (Wildman–Crippen LogP) is 3.34. The van der Waals surface area contributed by atoms with Crippen LogP contribution in [0.15, 0.2) is 30.3 Å². The van der Waals surface area contributed by atoms with E-state index in [2.05, 4.69) is 15.3 Å². The molecule has 27 heavy (non-hydrogen) atoms. The van der Waals surface area contributed by atoms with Gasteiger partial charge in [0.1, 0.15) is 23.2 Å². The zero-order chi connectivity index (χ0) is 19.6. The lowest BCUT2D eigenvalue weighted by atomic mass is 10.0. The van der Waals surface area contributed by atoms with Crippen LogP contribution in [0.25, 0.3) is 0 Å². The minimum atomic E-state index is -4.53. The third-order valence-corrected chi connectivity index (χ3v) is 4.39. The van der Waals surface area contributed by atoms with Gasteiger partial charge in [-0.25, -0.2) is 14.4 Å². The number of aryl methyl sites for hydroxylation is 1. The lowest BCUT2D eigenvalue weighted by Crippen LogP contribution is -2.45. The number of hydrogen-bond donors (Lipinski definition) is 1. The van der Waals surface area contributed by atoms with E-state index in [9.17, 15) is 22.4 Å². The second kappa shape index (κ2) is 7.50. The zero-order valence-electron chi connectivity index (χ0n) is 14.6. The zero-order valence-corrected chi connectivity index (χ0v) is 14.6. The Morgan fingerprint density at radius 3 is 2.48 bits per heavy atom. The van der Waals surface area contributed by atoms with Gasteiger partial charge in [0, 0.05) is 25.2 Å². The number of benzene rings is 1. The lowest BCUT2D eigenvalue weighted by Gasteiger charge is -2.33. The highest BCUT2D eigenvalue weighted by molar-refractivity contribution is 5.94. The van der Waals surface area contributed by atoms with Crippen LogP contribution in [-0.2, 0) is 6.18 Å². The van der Waals surface area contributed by atoms with Crippen molar-refractivity contribution in [1.82, 2.24) is 15.3 Å². The van der Waals surface area contributed by atoms with Crippen molar-refractivity contribution in [2.75, 3.05) is 18.0 Å². The molecule has 144 valence electrons. The Kier molecular flexibility index (Phi) is 5.29. The number of hydrogen-bond acceptors (Lipinski definition) is 4. The largest absolute Gasteiger partial charge is 0.433 e. The summed E-state index contributed by atoms with van der Waals surface area (Å²) in [6.45, 7) is 2.27. The molecule has 2 aromatic rings. The average Bonchev–Trinajstić information content (AvgIpc) is 2.61. The molecule has 1 aliphatic rings. The number of alkyl halides is 3. The molecule has 0 aliphatic carbocycles. The number of aromatic nitrogens is 2.